The first kappa shape index (κ1) is 27.0. The van der Waals surface area contributed by atoms with Gasteiger partial charge < -0.3 is 74.7 Å². The van der Waals surface area contributed by atoms with Gasteiger partial charge in [-0.2, -0.15) is 0 Å². The molecule has 33 heavy (non-hydrogen) atoms. The molecule has 0 aromatic carbocycles. The molecule has 0 bridgehead atoms. The summed E-state index contributed by atoms with van der Waals surface area (Å²) >= 11 is 0. The highest BCUT2D eigenvalue weighted by atomic mass is 16.7. The molecule has 3 heterocycles. The molecule has 15 heteroatoms. The summed E-state index contributed by atoms with van der Waals surface area (Å²) < 4.78 is 26.5. The molecule has 3 fully saturated rings. The van der Waals surface area contributed by atoms with Crippen LogP contribution in [0.5, 0.6) is 0 Å². The molecule has 0 saturated carbocycles. The lowest BCUT2D eigenvalue weighted by Gasteiger charge is -2.47. The molecule has 3 aliphatic rings. The van der Waals surface area contributed by atoms with E-state index in [2.05, 4.69) is 0 Å². The minimum Gasteiger partial charge on any atom is -0.394 e. The van der Waals surface area contributed by atoms with Crippen molar-refractivity contribution in [2.24, 2.45) is 0 Å². The Labute approximate surface area is 187 Å². The first-order chi connectivity index (χ1) is 15.5. The van der Waals surface area contributed by atoms with Crippen LogP contribution in [0.2, 0.25) is 0 Å². The fourth-order valence-electron chi connectivity index (χ4n) is 4.02. The Bertz CT molecular complexity index is 624. The van der Waals surface area contributed by atoms with Gasteiger partial charge in [0.05, 0.1) is 19.3 Å². The van der Waals surface area contributed by atoms with Crippen LogP contribution in [0.15, 0.2) is 0 Å². The second-order valence-corrected chi connectivity index (χ2v) is 8.32. The van der Waals surface area contributed by atoms with Gasteiger partial charge in [0.2, 0.25) is 0 Å². The Balaban J connectivity index is 1.67. The van der Waals surface area contributed by atoms with Gasteiger partial charge >= 0.3 is 0 Å². The SMILES string of the molecule is C[C@@H]1O[C@@H](O[C@H]2[C@@H](O)[C@@H](CO)OC(O)[C@H]2O)[C@H](O)[C@H](O)[C@H]1O[C@@H]1O[C@H](CO)[C@@H](O)[C@H](O)[C@@H]1O. The average Bonchev–Trinajstić information content (AvgIpc) is 2.79. The highest BCUT2D eigenvalue weighted by Gasteiger charge is 2.52. The third-order valence-corrected chi connectivity index (χ3v) is 6.05. The van der Waals surface area contributed by atoms with Crippen LogP contribution in [-0.2, 0) is 23.7 Å². The minimum absolute atomic E-state index is 0.695. The number of ether oxygens (including phenoxy) is 5. The van der Waals surface area contributed by atoms with Crippen LogP contribution in [0.25, 0.3) is 0 Å². The van der Waals surface area contributed by atoms with Crippen LogP contribution in [-0.4, -0.2) is 156 Å². The lowest BCUT2D eigenvalue weighted by atomic mass is 9.96. The van der Waals surface area contributed by atoms with Crippen molar-refractivity contribution in [3.63, 3.8) is 0 Å². The van der Waals surface area contributed by atoms with Crippen LogP contribution in [0.4, 0.5) is 0 Å². The molecule has 15 atom stereocenters. The molecule has 0 amide bonds. The van der Waals surface area contributed by atoms with E-state index in [0.717, 1.165) is 0 Å². The summed E-state index contributed by atoms with van der Waals surface area (Å²) in [4.78, 5) is 0. The molecular weight excluding hydrogens is 456 g/mol. The first-order valence-corrected chi connectivity index (χ1v) is 10.4. The van der Waals surface area contributed by atoms with E-state index in [1.165, 1.54) is 6.92 Å². The zero-order chi connectivity index (χ0) is 24.6. The van der Waals surface area contributed by atoms with Gasteiger partial charge in [-0.15, -0.1) is 0 Å². The van der Waals surface area contributed by atoms with Crippen molar-refractivity contribution in [3.8, 4) is 0 Å². The molecule has 10 N–H and O–H groups in total. The Hall–Kier alpha value is -0.600. The van der Waals surface area contributed by atoms with Crippen molar-refractivity contribution in [1.82, 2.24) is 0 Å². The molecule has 3 aliphatic heterocycles. The van der Waals surface area contributed by atoms with Gasteiger partial charge in [0.1, 0.15) is 67.1 Å². The Morgan fingerprint density at radius 3 is 1.67 bits per heavy atom. The van der Waals surface area contributed by atoms with Crippen LogP contribution >= 0.6 is 0 Å². The largest absolute Gasteiger partial charge is 0.394 e. The summed E-state index contributed by atoms with van der Waals surface area (Å²) in [5.41, 5.74) is 0. The van der Waals surface area contributed by atoms with Crippen molar-refractivity contribution >= 4 is 0 Å². The number of hydrogen-bond acceptors (Lipinski definition) is 15. The van der Waals surface area contributed by atoms with Gasteiger partial charge in [-0.05, 0) is 6.92 Å². The first-order valence-electron chi connectivity index (χ1n) is 10.4. The molecule has 0 radical (unpaired) electrons. The molecule has 0 aromatic heterocycles. The maximum Gasteiger partial charge on any atom is 0.187 e. The molecule has 0 spiro atoms. The van der Waals surface area contributed by atoms with Crippen molar-refractivity contribution < 1.29 is 74.7 Å². The number of aliphatic hydroxyl groups is 10. The van der Waals surface area contributed by atoms with Gasteiger partial charge in [-0.1, -0.05) is 0 Å². The number of aliphatic hydroxyl groups excluding tert-OH is 10. The lowest BCUT2D eigenvalue weighted by molar-refractivity contribution is -0.374. The Kier molecular flexibility index (Phi) is 8.99. The zero-order valence-corrected chi connectivity index (χ0v) is 17.6. The molecule has 0 aromatic rings. The van der Waals surface area contributed by atoms with E-state index < -0.39 is 105 Å². The predicted octanol–water partition coefficient (Wildman–Crippen LogP) is -6.55. The normalized spacial score (nSPS) is 53.7. The molecule has 15 nitrogen and oxygen atoms in total. The lowest BCUT2D eigenvalue weighted by Crippen LogP contribution is -2.65. The summed E-state index contributed by atoms with van der Waals surface area (Å²) in [7, 11) is 0. The maximum atomic E-state index is 10.6. The third-order valence-electron chi connectivity index (χ3n) is 6.05. The van der Waals surface area contributed by atoms with E-state index in [0.29, 0.717) is 0 Å². The minimum atomic E-state index is -1.82. The van der Waals surface area contributed by atoms with Crippen LogP contribution in [0, 0.1) is 0 Å². The highest BCUT2D eigenvalue weighted by Crippen LogP contribution is 2.31. The molecular formula is C18H32O15. The van der Waals surface area contributed by atoms with Gasteiger partial charge in [0, 0.05) is 0 Å². The summed E-state index contributed by atoms with van der Waals surface area (Å²) in [6.45, 7) is 0.00827. The summed E-state index contributed by atoms with van der Waals surface area (Å²) in [5.74, 6) is 0. The summed E-state index contributed by atoms with van der Waals surface area (Å²) in [5, 5.41) is 99.5. The number of hydrogen-bond donors (Lipinski definition) is 10. The summed E-state index contributed by atoms with van der Waals surface area (Å²) in [6.07, 6.45) is -23.5. The van der Waals surface area contributed by atoms with Crippen molar-refractivity contribution in [2.75, 3.05) is 13.2 Å². The third kappa shape index (κ3) is 5.32. The van der Waals surface area contributed by atoms with Gasteiger partial charge in [0.25, 0.3) is 0 Å². The van der Waals surface area contributed by atoms with Crippen LogP contribution in [0.3, 0.4) is 0 Å². The van der Waals surface area contributed by atoms with Crippen LogP contribution in [0.1, 0.15) is 6.92 Å². The topological polar surface area (TPSA) is 248 Å². The van der Waals surface area contributed by atoms with E-state index in [1.54, 1.807) is 0 Å². The van der Waals surface area contributed by atoms with Gasteiger partial charge in [0.15, 0.2) is 18.9 Å². The standard InChI is InChI=1S/C18H32O15/c1-4-14(32-18-11(25)9(23)7(21)5(2-19)31-18)10(24)12(26)17(29-4)33-15-8(22)6(3-20)30-16(28)13(15)27/h4-28H,2-3H2,1H3/t4-,5+,6+,7+,8-,9-,10-,11-,12+,13-,14-,15-,16?,17-,18-/m0/s1. The monoisotopic (exact) mass is 488 g/mol. The Morgan fingerprint density at radius 1 is 0.545 bits per heavy atom. The van der Waals surface area contributed by atoms with Crippen molar-refractivity contribution in [2.45, 2.75) is 99.0 Å². The smallest absolute Gasteiger partial charge is 0.187 e. The molecule has 3 rings (SSSR count). The van der Waals surface area contributed by atoms with Crippen molar-refractivity contribution in [1.29, 1.82) is 0 Å². The maximum absolute atomic E-state index is 10.6. The van der Waals surface area contributed by atoms with E-state index in [-0.39, 0.29) is 0 Å². The highest BCUT2D eigenvalue weighted by molar-refractivity contribution is 4.95. The molecule has 194 valence electrons. The van der Waals surface area contributed by atoms with E-state index in [9.17, 15) is 51.1 Å². The average molecular weight is 488 g/mol. The van der Waals surface area contributed by atoms with E-state index >= 15 is 0 Å². The van der Waals surface area contributed by atoms with Gasteiger partial charge in [-0.25, -0.2) is 0 Å². The quantitative estimate of drug-likeness (QED) is 0.167. The van der Waals surface area contributed by atoms with E-state index in [1.807, 2.05) is 0 Å². The predicted molar refractivity (Wildman–Crippen MR) is 99.8 cm³/mol. The summed E-state index contributed by atoms with van der Waals surface area (Å²) in [6, 6.07) is 0. The van der Waals surface area contributed by atoms with Crippen LogP contribution < -0.4 is 0 Å². The van der Waals surface area contributed by atoms with Crippen molar-refractivity contribution in [3.05, 3.63) is 0 Å². The number of rotatable bonds is 6. The molecule has 1 unspecified atom stereocenters. The fraction of sp³-hybridized carbons (Fsp3) is 1.00. The zero-order valence-electron chi connectivity index (χ0n) is 17.6. The molecule has 0 aliphatic carbocycles. The molecule has 3 saturated heterocycles. The second kappa shape index (κ2) is 11.0. The fourth-order valence-corrected chi connectivity index (χ4v) is 4.02. The van der Waals surface area contributed by atoms with Gasteiger partial charge in [-0.3, -0.25) is 0 Å². The second-order valence-electron chi connectivity index (χ2n) is 8.32. The Morgan fingerprint density at radius 2 is 1.06 bits per heavy atom. The van der Waals surface area contributed by atoms with E-state index in [4.69, 9.17) is 23.7 Å².